The summed E-state index contributed by atoms with van der Waals surface area (Å²) in [5.74, 6) is -0.864. The van der Waals surface area contributed by atoms with E-state index in [1.807, 2.05) is 0 Å². The van der Waals surface area contributed by atoms with Crippen LogP contribution in [0.15, 0.2) is 23.0 Å². The van der Waals surface area contributed by atoms with Crippen molar-refractivity contribution in [3.8, 4) is 11.5 Å². The summed E-state index contributed by atoms with van der Waals surface area (Å²) in [6, 6.07) is 1.78. The summed E-state index contributed by atoms with van der Waals surface area (Å²) >= 11 is 6.20. The van der Waals surface area contributed by atoms with E-state index in [2.05, 4.69) is 20.1 Å². The van der Waals surface area contributed by atoms with Crippen LogP contribution < -0.4 is 5.73 Å². The number of hydrogen-bond acceptors (Lipinski definition) is 5. The van der Waals surface area contributed by atoms with Gasteiger partial charge in [-0.15, -0.1) is 0 Å². The van der Waals surface area contributed by atoms with Crippen LogP contribution >= 0.6 is 11.6 Å². The molecule has 0 aliphatic rings. The lowest BCUT2D eigenvalue weighted by molar-refractivity contribution is 0.0987. The second-order valence-corrected chi connectivity index (χ2v) is 3.89. The number of nitrogens with zero attached hydrogens (tertiary/aromatic N) is 3. The maximum absolute atomic E-state index is 10.9. The maximum atomic E-state index is 10.9. The van der Waals surface area contributed by atoms with E-state index in [0.717, 1.165) is 5.39 Å². The summed E-state index contributed by atoms with van der Waals surface area (Å²) < 4.78 is 4.92. The Morgan fingerprint density at radius 2 is 2.33 bits per heavy atom. The quantitative estimate of drug-likeness (QED) is 0.725. The fourth-order valence-electron chi connectivity index (χ4n) is 1.56. The van der Waals surface area contributed by atoms with E-state index in [1.165, 1.54) is 6.20 Å². The number of carbonyl (C=O) groups is 1. The molecule has 18 heavy (non-hydrogen) atoms. The topological polar surface area (TPSA) is 111 Å². The highest BCUT2D eigenvalue weighted by molar-refractivity contribution is 6.37. The molecule has 1 amide bonds. The smallest absolute Gasteiger partial charge is 0.290 e. The van der Waals surface area contributed by atoms with Crippen molar-refractivity contribution >= 4 is 28.5 Å². The Hall–Kier alpha value is -2.41. The molecule has 0 radical (unpaired) electrons. The van der Waals surface area contributed by atoms with Gasteiger partial charge in [0.15, 0.2) is 0 Å². The number of aromatic nitrogens is 4. The van der Waals surface area contributed by atoms with Crippen LogP contribution in [0.3, 0.4) is 0 Å². The number of H-pyrrole nitrogens is 1. The van der Waals surface area contributed by atoms with E-state index in [4.69, 9.17) is 21.9 Å². The number of nitrogens with one attached hydrogen (secondary N) is 1. The molecule has 7 nitrogen and oxygen atoms in total. The first-order valence-electron chi connectivity index (χ1n) is 4.92. The fraction of sp³-hybridized carbons (Fsp3) is 0. The van der Waals surface area contributed by atoms with Crippen LogP contribution in [0.5, 0.6) is 0 Å². The summed E-state index contributed by atoms with van der Waals surface area (Å²) in [7, 11) is 0. The van der Waals surface area contributed by atoms with Crippen molar-refractivity contribution in [2.45, 2.75) is 0 Å². The highest BCUT2D eigenvalue weighted by Crippen LogP contribution is 2.31. The molecule has 0 aliphatic heterocycles. The SMILES string of the molecule is NC(=O)c1noc(-c2cnc3[nH]ccc3c2Cl)n1. The Bertz CT molecular complexity index is 748. The van der Waals surface area contributed by atoms with Crippen molar-refractivity contribution in [2.24, 2.45) is 5.73 Å². The molecule has 3 rings (SSSR count). The molecule has 8 heteroatoms. The van der Waals surface area contributed by atoms with Gasteiger partial charge in [-0.25, -0.2) is 4.98 Å². The summed E-state index contributed by atoms with van der Waals surface area (Å²) in [6.07, 6.45) is 3.20. The second-order valence-electron chi connectivity index (χ2n) is 3.51. The molecule has 0 saturated carbocycles. The van der Waals surface area contributed by atoms with Crippen LogP contribution in [-0.4, -0.2) is 26.0 Å². The summed E-state index contributed by atoms with van der Waals surface area (Å²) in [4.78, 5) is 21.8. The zero-order valence-corrected chi connectivity index (χ0v) is 9.60. The lowest BCUT2D eigenvalue weighted by Gasteiger charge is -1.98. The number of primary amides is 1. The number of halogens is 1. The van der Waals surface area contributed by atoms with E-state index in [1.54, 1.807) is 12.3 Å². The Kier molecular flexibility index (Phi) is 2.27. The number of hydrogen-bond donors (Lipinski definition) is 2. The molecule has 3 heterocycles. The average molecular weight is 264 g/mol. The van der Waals surface area contributed by atoms with Crippen molar-refractivity contribution < 1.29 is 9.32 Å². The lowest BCUT2D eigenvalue weighted by Crippen LogP contribution is -2.12. The number of rotatable bonds is 2. The van der Waals surface area contributed by atoms with Gasteiger partial charge >= 0.3 is 0 Å². The minimum absolute atomic E-state index is 0.101. The third-order valence-electron chi connectivity index (χ3n) is 2.40. The normalized spacial score (nSPS) is 10.9. The first kappa shape index (κ1) is 10.7. The molecular weight excluding hydrogens is 258 g/mol. The van der Waals surface area contributed by atoms with Crippen molar-refractivity contribution in [3.05, 3.63) is 29.3 Å². The Morgan fingerprint density at radius 1 is 1.50 bits per heavy atom. The molecule has 90 valence electrons. The minimum atomic E-state index is -0.767. The molecule has 0 saturated heterocycles. The summed E-state index contributed by atoms with van der Waals surface area (Å²) in [5.41, 5.74) is 6.14. The Labute approximate surface area is 105 Å². The third kappa shape index (κ3) is 1.52. The molecular formula is C10H6ClN5O2. The number of carbonyl (C=O) groups excluding carboxylic acids is 1. The number of pyridine rings is 1. The molecule has 3 aromatic rings. The Balaban J connectivity index is 2.18. The third-order valence-corrected chi connectivity index (χ3v) is 2.80. The molecule has 0 aliphatic carbocycles. The number of fused-ring (bicyclic) bond motifs is 1. The maximum Gasteiger partial charge on any atom is 0.290 e. The van der Waals surface area contributed by atoms with Gasteiger partial charge in [0.2, 0.25) is 0 Å². The Morgan fingerprint density at radius 3 is 3.06 bits per heavy atom. The summed E-state index contributed by atoms with van der Waals surface area (Å²) in [6.45, 7) is 0. The van der Waals surface area contributed by atoms with E-state index in [9.17, 15) is 4.79 Å². The van der Waals surface area contributed by atoms with Gasteiger partial charge in [0.05, 0.1) is 10.6 Å². The summed E-state index contributed by atoms with van der Waals surface area (Å²) in [5, 5.41) is 4.59. The molecule has 0 aromatic carbocycles. The average Bonchev–Trinajstić information content (AvgIpc) is 2.97. The molecule has 3 aromatic heterocycles. The van der Waals surface area contributed by atoms with Gasteiger partial charge in [-0.1, -0.05) is 16.8 Å². The first-order valence-corrected chi connectivity index (χ1v) is 5.30. The predicted molar refractivity (Wildman–Crippen MR) is 62.9 cm³/mol. The lowest BCUT2D eigenvalue weighted by atomic mass is 10.2. The predicted octanol–water partition coefficient (Wildman–Crippen LogP) is 1.37. The molecule has 3 N–H and O–H groups in total. The minimum Gasteiger partial charge on any atom is -0.363 e. The number of nitrogens with two attached hydrogens (primary N) is 1. The van der Waals surface area contributed by atoms with E-state index in [0.29, 0.717) is 16.2 Å². The van der Waals surface area contributed by atoms with Crippen molar-refractivity contribution in [1.29, 1.82) is 0 Å². The van der Waals surface area contributed by atoms with Crippen LogP contribution in [0.25, 0.3) is 22.5 Å². The van der Waals surface area contributed by atoms with Gasteiger partial charge in [-0.3, -0.25) is 4.79 Å². The van der Waals surface area contributed by atoms with Gasteiger partial charge in [0, 0.05) is 17.8 Å². The van der Waals surface area contributed by atoms with E-state index in [-0.39, 0.29) is 11.7 Å². The monoisotopic (exact) mass is 263 g/mol. The van der Waals surface area contributed by atoms with Crippen LogP contribution in [0.1, 0.15) is 10.6 Å². The van der Waals surface area contributed by atoms with Crippen molar-refractivity contribution in [2.75, 3.05) is 0 Å². The van der Waals surface area contributed by atoms with Crippen LogP contribution in [0.2, 0.25) is 5.02 Å². The number of amides is 1. The van der Waals surface area contributed by atoms with Gasteiger partial charge in [-0.2, -0.15) is 4.98 Å². The molecule has 0 fully saturated rings. The number of aromatic amines is 1. The first-order chi connectivity index (χ1) is 8.66. The standard InChI is InChI=1S/C10H6ClN5O2/c11-6-4-1-2-13-8(4)14-3-5(6)10-15-9(7(12)17)16-18-10/h1-3H,(H2,12,17)(H,13,14). The largest absolute Gasteiger partial charge is 0.363 e. The molecule has 0 bridgehead atoms. The van der Waals surface area contributed by atoms with Crippen LogP contribution in [0.4, 0.5) is 0 Å². The zero-order chi connectivity index (χ0) is 12.7. The van der Waals surface area contributed by atoms with Gasteiger partial charge in [0.25, 0.3) is 17.6 Å². The fourth-order valence-corrected chi connectivity index (χ4v) is 1.84. The molecule has 0 atom stereocenters. The van der Waals surface area contributed by atoms with E-state index >= 15 is 0 Å². The zero-order valence-electron chi connectivity index (χ0n) is 8.85. The van der Waals surface area contributed by atoms with Gasteiger partial charge in [-0.05, 0) is 6.07 Å². The van der Waals surface area contributed by atoms with E-state index < -0.39 is 5.91 Å². The van der Waals surface area contributed by atoms with Crippen molar-refractivity contribution in [3.63, 3.8) is 0 Å². The van der Waals surface area contributed by atoms with Crippen LogP contribution in [0, 0.1) is 0 Å². The molecule has 0 unspecified atom stereocenters. The highest BCUT2D eigenvalue weighted by Gasteiger charge is 2.17. The van der Waals surface area contributed by atoms with Gasteiger partial charge in [0.1, 0.15) is 5.65 Å². The van der Waals surface area contributed by atoms with Gasteiger partial charge < -0.3 is 15.2 Å². The van der Waals surface area contributed by atoms with Crippen LogP contribution in [-0.2, 0) is 0 Å². The second kappa shape index (κ2) is 3.81. The molecule has 0 spiro atoms. The van der Waals surface area contributed by atoms with Crippen molar-refractivity contribution in [1.82, 2.24) is 20.1 Å². The highest BCUT2D eigenvalue weighted by atomic mass is 35.5.